The Bertz CT molecular complexity index is 348. The highest BCUT2D eigenvalue weighted by molar-refractivity contribution is 5.76. The average molecular weight is 279 g/mol. The quantitative estimate of drug-likeness (QED) is 0.808. The monoisotopic (exact) mass is 279 g/mol. The van der Waals surface area contributed by atoms with Crippen molar-refractivity contribution < 1.29 is 10.1 Å². The van der Waals surface area contributed by atoms with Crippen LogP contribution in [0.5, 0.6) is 0 Å². The molecule has 20 heavy (non-hydrogen) atoms. The van der Waals surface area contributed by atoms with Crippen LogP contribution in [0.2, 0.25) is 0 Å². The van der Waals surface area contributed by atoms with Gasteiger partial charge in [-0.3, -0.25) is 4.79 Å². The number of carbonyl (C=O) groups is 1. The lowest BCUT2D eigenvalue weighted by Crippen LogP contribution is -2.96. The first-order chi connectivity index (χ1) is 9.34. The first kappa shape index (κ1) is 14.4. The van der Waals surface area contributed by atoms with Crippen molar-refractivity contribution in [1.29, 1.82) is 0 Å². The summed E-state index contributed by atoms with van der Waals surface area (Å²) >= 11 is 0. The van der Waals surface area contributed by atoms with Crippen molar-refractivity contribution in [2.45, 2.75) is 64.8 Å². The van der Waals surface area contributed by atoms with Crippen LogP contribution in [0.4, 0.5) is 0 Å². The third-order valence-electron chi connectivity index (χ3n) is 5.73. The second kappa shape index (κ2) is 5.01. The van der Waals surface area contributed by atoms with Crippen molar-refractivity contribution >= 4 is 5.91 Å². The lowest BCUT2D eigenvalue weighted by atomic mass is 9.49. The highest BCUT2D eigenvalue weighted by Crippen LogP contribution is 2.59. The molecule has 0 heterocycles. The molecule has 4 aliphatic rings. The van der Waals surface area contributed by atoms with Gasteiger partial charge in [0.2, 0.25) is 0 Å². The van der Waals surface area contributed by atoms with Crippen LogP contribution in [-0.2, 0) is 4.79 Å². The topological polar surface area (TPSA) is 45.7 Å². The highest BCUT2D eigenvalue weighted by atomic mass is 16.1. The van der Waals surface area contributed by atoms with Gasteiger partial charge in [-0.15, -0.1) is 0 Å². The Balaban J connectivity index is 1.50. The Morgan fingerprint density at radius 1 is 1.10 bits per heavy atom. The van der Waals surface area contributed by atoms with Gasteiger partial charge < -0.3 is 10.6 Å². The Hall–Kier alpha value is -0.570. The van der Waals surface area contributed by atoms with Crippen LogP contribution >= 0.6 is 0 Å². The zero-order valence-corrected chi connectivity index (χ0v) is 13.4. The molecule has 4 fully saturated rings. The third kappa shape index (κ3) is 3.19. The molecular formula is C17H31N2O+. The van der Waals surface area contributed by atoms with E-state index in [9.17, 15) is 4.79 Å². The standard InChI is InChI=1S/C17H30N2O/c1-16(2,3)19-10-15(20)18-11-17-7-12-4-13(8-17)6-14(5-12)9-17/h12-14,19H,4-11H2,1-3H3,(H,18,20)/p+1. The minimum absolute atomic E-state index is 0.137. The molecule has 0 saturated heterocycles. The van der Waals surface area contributed by atoms with Crippen molar-refractivity contribution in [3.8, 4) is 0 Å². The summed E-state index contributed by atoms with van der Waals surface area (Å²) in [5, 5.41) is 5.37. The van der Waals surface area contributed by atoms with Gasteiger partial charge in [0.1, 0.15) is 0 Å². The molecule has 4 bridgehead atoms. The smallest absolute Gasteiger partial charge is 0.275 e. The van der Waals surface area contributed by atoms with Crippen LogP contribution in [0.1, 0.15) is 59.3 Å². The summed E-state index contributed by atoms with van der Waals surface area (Å²) in [6.45, 7) is 7.96. The number of hydrogen-bond acceptors (Lipinski definition) is 1. The normalized spacial score (nSPS) is 39.0. The second-order valence-corrected chi connectivity index (χ2v) is 8.97. The molecule has 0 aliphatic heterocycles. The molecule has 3 heteroatoms. The van der Waals surface area contributed by atoms with Crippen molar-refractivity contribution in [3.05, 3.63) is 0 Å². The van der Waals surface area contributed by atoms with Crippen LogP contribution in [0.15, 0.2) is 0 Å². The van der Waals surface area contributed by atoms with Gasteiger partial charge in [0.05, 0.1) is 5.54 Å². The molecule has 4 saturated carbocycles. The maximum atomic E-state index is 12.0. The molecule has 4 rings (SSSR count). The minimum atomic E-state index is 0.137. The molecular weight excluding hydrogens is 248 g/mol. The van der Waals surface area contributed by atoms with Gasteiger partial charge in [-0.25, -0.2) is 0 Å². The van der Waals surface area contributed by atoms with Gasteiger partial charge in [-0.05, 0) is 82.5 Å². The lowest BCUT2D eigenvalue weighted by Gasteiger charge is -2.56. The molecule has 3 N–H and O–H groups in total. The Morgan fingerprint density at radius 3 is 2.05 bits per heavy atom. The summed E-state index contributed by atoms with van der Waals surface area (Å²) < 4.78 is 0. The van der Waals surface area contributed by atoms with E-state index in [0.717, 1.165) is 24.3 Å². The average Bonchev–Trinajstić information content (AvgIpc) is 2.31. The fourth-order valence-corrected chi connectivity index (χ4v) is 5.26. The minimum Gasteiger partial charge on any atom is -0.351 e. The van der Waals surface area contributed by atoms with E-state index in [4.69, 9.17) is 0 Å². The summed E-state index contributed by atoms with van der Waals surface area (Å²) in [7, 11) is 0. The first-order valence-electron chi connectivity index (χ1n) is 8.45. The van der Waals surface area contributed by atoms with E-state index in [0.29, 0.717) is 12.0 Å². The molecule has 0 aromatic rings. The molecule has 114 valence electrons. The number of nitrogens with two attached hydrogens (primary N) is 1. The number of amides is 1. The zero-order chi connectivity index (χ0) is 14.4. The van der Waals surface area contributed by atoms with Gasteiger partial charge in [0, 0.05) is 6.54 Å². The summed E-state index contributed by atoms with van der Waals surface area (Å²) in [4.78, 5) is 12.0. The first-order valence-corrected chi connectivity index (χ1v) is 8.45. The summed E-state index contributed by atoms with van der Waals surface area (Å²) in [5.74, 6) is 3.13. The van der Waals surface area contributed by atoms with Crippen molar-refractivity contribution in [1.82, 2.24) is 5.32 Å². The number of nitrogens with one attached hydrogen (secondary N) is 1. The van der Waals surface area contributed by atoms with E-state index in [1.807, 2.05) is 0 Å². The van der Waals surface area contributed by atoms with Crippen LogP contribution < -0.4 is 10.6 Å². The van der Waals surface area contributed by atoms with Crippen LogP contribution in [0, 0.1) is 23.2 Å². The summed E-state index contributed by atoms with van der Waals surface area (Å²) in [6, 6.07) is 0. The van der Waals surface area contributed by atoms with Crippen LogP contribution in [0.25, 0.3) is 0 Å². The second-order valence-electron chi connectivity index (χ2n) is 8.97. The molecule has 0 radical (unpaired) electrons. The van der Waals surface area contributed by atoms with Crippen LogP contribution in [0.3, 0.4) is 0 Å². The molecule has 1 amide bonds. The predicted octanol–water partition coefficient (Wildman–Crippen LogP) is 1.68. The zero-order valence-electron chi connectivity index (χ0n) is 13.4. The van der Waals surface area contributed by atoms with E-state index in [2.05, 4.69) is 31.4 Å². The number of carbonyl (C=O) groups excluding carboxylic acids is 1. The van der Waals surface area contributed by atoms with Gasteiger partial charge >= 0.3 is 0 Å². The maximum absolute atomic E-state index is 12.0. The third-order valence-corrected chi connectivity index (χ3v) is 5.73. The van der Waals surface area contributed by atoms with Gasteiger partial charge in [-0.2, -0.15) is 0 Å². The van der Waals surface area contributed by atoms with Gasteiger partial charge in [0.15, 0.2) is 6.54 Å². The molecule has 0 unspecified atom stereocenters. The summed E-state index contributed by atoms with van der Waals surface area (Å²) in [5.41, 5.74) is 0.601. The molecule has 0 aromatic carbocycles. The number of quaternary nitrogens is 1. The van der Waals surface area contributed by atoms with Crippen LogP contribution in [-0.4, -0.2) is 24.5 Å². The molecule has 0 aromatic heterocycles. The Morgan fingerprint density at radius 2 is 1.60 bits per heavy atom. The Kier molecular flexibility index (Phi) is 3.60. The number of hydrogen-bond donors (Lipinski definition) is 2. The lowest BCUT2D eigenvalue weighted by molar-refractivity contribution is -0.707. The largest absolute Gasteiger partial charge is 0.351 e. The van der Waals surface area contributed by atoms with E-state index >= 15 is 0 Å². The molecule has 0 atom stereocenters. The molecule has 3 nitrogen and oxygen atoms in total. The molecule has 0 spiro atoms. The molecule has 4 aliphatic carbocycles. The fraction of sp³-hybridized carbons (Fsp3) is 0.941. The van der Waals surface area contributed by atoms with E-state index in [-0.39, 0.29) is 11.4 Å². The van der Waals surface area contributed by atoms with Crippen molar-refractivity contribution in [3.63, 3.8) is 0 Å². The van der Waals surface area contributed by atoms with Gasteiger partial charge in [0.25, 0.3) is 5.91 Å². The SMILES string of the molecule is CC(C)(C)[NH2+]CC(=O)NCC12CC3CC(CC(C3)C1)C2. The predicted molar refractivity (Wildman–Crippen MR) is 80.2 cm³/mol. The summed E-state index contributed by atoms with van der Waals surface area (Å²) in [6.07, 6.45) is 8.56. The fourth-order valence-electron chi connectivity index (χ4n) is 5.26. The van der Waals surface area contributed by atoms with E-state index < -0.39 is 0 Å². The van der Waals surface area contributed by atoms with Gasteiger partial charge in [-0.1, -0.05) is 0 Å². The Labute approximate surface area is 123 Å². The van der Waals surface area contributed by atoms with Crippen molar-refractivity contribution in [2.75, 3.05) is 13.1 Å². The van der Waals surface area contributed by atoms with E-state index in [1.54, 1.807) is 0 Å². The van der Waals surface area contributed by atoms with E-state index in [1.165, 1.54) is 38.5 Å². The van der Waals surface area contributed by atoms with Crippen molar-refractivity contribution in [2.24, 2.45) is 23.2 Å². The maximum Gasteiger partial charge on any atom is 0.275 e. The highest BCUT2D eigenvalue weighted by Gasteiger charge is 2.50. The number of rotatable bonds is 4.